The molecular formula is C10H13N3O5S. The van der Waals surface area contributed by atoms with Gasteiger partial charge < -0.3 is 15.4 Å². The number of rotatable bonds is 6. The molecule has 0 spiro atoms. The fourth-order valence-electron chi connectivity index (χ4n) is 1.22. The normalized spacial score (nSPS) is 10.2. The zero-order chi connectivity index (χ0) is 14.4. The SMILES string of the molecule is Cn1c(=O)[nH]cc(C(=O)NCCSCC(=O)O)c1=O. The summed E-state index contributed by atoms with van der Waals surface area (Å²) in [6, 6.07) is 0. The predicted octanol–water partition coefficient (Wildman–Crippen LogP) is -1.38. The molecule has 0 fully saturated rings. The Morgan fingerprint density at radius 3 is 2.79 bits per heavy atom. The number of hydrogen-bond acceptors (Lipinski definition) is 5. The molecule has 0 aliphatic rings. The van der Waals surface area contributed by atoms with E-state index in [-0.39, 0.29) is 17.9 Å². The summed E-state index contributed by atoms with van der Waals surface area (Å²) in [5.74, 6) is -1.16. The molecule has 0 bridgehead atoms. The maximum absolute atomic E-state index is 11.7. The van der Waals surface area contributed by atoms with Gasteiger partial charge in [-0.15, -0.1) is 11.8 Å². The van der Waals surface area contributed by atoms with Gasteiger partial charge in [-0.25, -0.2) is 4.79 Å². The Kier molecular flexibility index (Phi) is 5.37. The number of nitrogens with zero attached hydrogens (tertiary/aromatic N) is 1. The molecule has 3 N–H and O–H groups in total. The van der Waals surface area contributed by atoms with Crippen molar-refractivity contribution < 1.29 is 14.7 Å². The molecule has 1 aromatic heterocycles. The number of carbonyl (C=O) groups excluding carboxylic acids is 1. The topological polar surface area (TPSA) is 121 Å². The van der Waals surface area contributed by atoms with Crippen molar-refractivity contribution >= 4 is 23.6 Å². The van der Waals surface area contributed by atoms with Gasteiger partial charge in [-0.1, -0.05) is 0 Å². The van der Waals surface area contributed by atoms with Crippen LogP contribution in [0.4, 0.5) is 0 Å². The van der Waals surface area contributed by atoms with Gasteiger partial charge in [0.25, 0.3) is 11.5 Å². The second-order valence-electron chi connectivity index (χ2n) is 3.57. The van der Waals surface area contributed by atoms with E-state index in [0.717, 1.165) is 22.5 Å². The van der Waals surface area contributed by atoms with Gasteiger partial charge in [0.1, 0.15) is 5.56 Å². The Bertz CT molecular complexity index is 592. The van der Waals surface area contributed by atoms with Crippen molar-refractivity contribution in [2.24, 2.45) is 7.05 Å². The van der Waals surface area contributed by atoms with E-state index in [1.165, 1.54) is 7.05 Å². The van der Waals surface area contributed by atoms with Gasteiger partial charge in [0.15, 0.2) is 0 Å². The summed E-state index contributed by atoms with van der Waals surface area (Å²) in [6.45, 7) is 0.235. The molecule has 0 aromatic carbocycles. The molecule has 0 aliphatic carbocycles. The molecule has 1 heterocycles. The van der Waals surface area contributed by atoms with E-state index in [1.807, 2.05) is 0 Å². The Labute approximate surface area is 111 Å². The molecule has 0 unspecified atom stereocenters. The lowest BCUT2D eigenvalue weighted by Crippen LogP contribution is -2.39. The third-order valence-corrected chi connectivity index (χ3v) is 3.13. The molecule has 9 heteroatoms. The van der Waals surface area contributed by atoms with Gasteiger partial charge >= 0.3 is 11.7 Å². The van der Waals surface area contributed by atoms with E-state index in [4.69, 9.17) is 5.11 Å². The second kappa shape index (κ2) is 6.78. The third kappa shape index (κ3) is 4.28. The minimum absolute atomic E-state index is 0.0453. The lowest BCUT2D eigenvalue weighted by atomic mass is 10.3. The number of carboxylic acid groups (broad SMARTS) is 1. The van der Waals surface area contributed by atoms with E-state index < -0.39 is 23.1 Å². The van der Waals surface area contributed by atoms with E-state index >= 15 is 0 Å². The maximum atomic E-state index is 11.7. The highest BCUT2D eigenvalue weighted by Gasteiger charge is 2.12. The number of H-pyrrole nitrogens is 1. The average Bonchev–Trinajstić information content (AvgIpc) is 2.35. The first kappa shape index (κ1) is 15.0. The summed E-state index contributed by atoms with van der Waals surface area (Å²) in [6.07, 6.45) is 1.06. The van der Waals surface area contributed by atoms with Crippen LogP contribution in [-0.2, 0) is 11.8 Å². The largest absolute Gasteiger partial charge is 0.481 e. The lowest BCUT2D eigenvalue weighted by molar-refractivity contribution is -0.133. The third-order valence-electron chi connectivity index (χ3n) is 2.18. The van der Waals surface area contributed by atoms with Gasteiger partial charge in [-0.2, -0.15) is 0 Å². The van der Waals surface area contributed by atoms with E-state index in [9.17, 15) is 19.2 Å². The predicted molar refractivity (Wildman–Crippen MR) is 69.6 cm³/mol. The summed E-state index contributed by atoms with van der Waals surface area (Å²) in [5, 5.41) is 10.9. The number of aliphatic carboxylic acids is 1. The summed E-state index contributed by atoms with van der Waals surface area (Å²) in [5.41, 5.74) is -1.44. The molecule has 104 valence electrons. The standard InChI is InChI=1S/C10H13N3O5S/c1-13-9(17)6(4-12-10(13)18)8(16)11-2-3-19-5-7(14)15/h4H,2-3,5H2,1H3,(H,11,16)(H,12,18)(H,14,15). The molecule has 0 saturated heterocycles. The van der Waals surface area contributed by atoms with Crippen LogP contribution in [-0.4, -0.2) is 44.6 Å². The summed E-state index contributed by atoms with van der Waals surface area (Å²) >= 11 is 1.15. The average molecular weight is 287 g/mol. The van der Waals surface area contributed by atoms with Crippen LogP contribution in [0.15, 0.2) is 15.8 Å². The highest BCUT2D eigenvalue weighted by molar-refractivity contribution is 7.99. The van der Waals surface area contributed by atoms with E-state index in [1.54, 1.807) is 0 Å². The number of thioether (sulfide) groups is 1. The number of aromatic amines is 1. The van der Waals surface area contributed by atoms with Crippen molar-refractivity contribution in [3.05, 3.63) is 32.6 Å². The minimum atomic E-state index is -0.925. The first-order valence-corrected chi connectivity index (χ1v) is 6.45. The molecule has 0 aliphatic heterocycles. The van der Waals surface area contributed by atoms with Gasteiger partial charge in [0, 0.05) is 25.5 Å². The first-order chi connectivity index (χ1) is 8.93. The number of nitrogens with one attached hydrogen (secondary N) is 2. The van der Waals surface area contributed by atoms with E-state index in [0.29, 0.717) is 5.75 Å². The summed E-state index contributed by atoms with van der Waals surface area (Å²) in [7, 11) is 1.26. The molecule has 0 radical (unpaired) electrons. The molecular weight excluding hydrogens is 274 g/mol. The zero-order valence-electron chi connectivity index (χ0n) is 10.1. The van der Waals surface area contributed by atoms with E-state index in [2.05, 4.69) is 10.3 Å². The van der Waals surface area contributed by atoms with Crippen molar-refractivity contribution in [3.63, 3.8) is 0 Å². The van der Waals surface area contributed by atoms with Crippen molar-refractivity contribution in [1.29, 1.82) is 0 Å². The Morgan fingerprint density at radius 2 is 2.16 bits per heavy atom. The highest BCUT2D eigenvalue weighted by atomic mass is 32.2. The molecule has 1 aromatic rings. The lowest BCUT2D eigenvalue weighted by Gasteiger charge is -2.04. The monoisotopic (exact) mass is 287 g/mol. The molecule has 8 nitrogen and oxygen atoms in total. The second-order valence-corrected chi connectivity index (χ2v) is 4.68. The summed E-state index contributed by atoms with van der Waals surface area (Å²) < 4.78 is 0.800. The zero-order valence-corrected chi connectivity index (χ0v) is 11.0. The van der Waals surface area contributed by atoms with Crippen molar-refractivity contribution in [2.45, 2.75) is 0 Å². The molecule has 1 rings (SSSR count). The van der Waals surface area contributed by atoms with Gasteiger partial charge in [0.05, 0.1) is 5.75 Å². The van der Waals surface area contributed by atoms with Crippen LogP contribution in [0.2, 0.25) is 0 Å². The van der Waals surface area contributed by atoms with Crippen LogP contribution in [0.3, 0.4) is 0 Å². The number of carboxylic acids is 1. The van der Waals surface area contributed by atoms with Gasteiger partial charge in [-0.3, -0.25) is 19.0 Å². The van der Waals surface area contributed by atoms with Gasteiger partial charge in [-0.05, 0) is 0 Å². The quantitative estimate of drug-likeness (QED) is 0.554. The molecule has 19 heavy (non-hydrogen) atoms. The molecule has 1 amide bonds. The number of aromatic nitrogens is 2. The Hall–Kier alpha value is -2.03. The van der Waals surface area contributed by atoms with Crippen LogP contribution in [0.5, 0.6) is 0 Å². The van der Waals surface area contributed by atoms with Crippen LogP contribution in [0, 0.1) is 0 Å². The number of carbonyl (C=O) groups is 2. The van der Waals surface area contributed by atoms with Crippen molar-refractivity contribution in [2.75, 3.05) is 18.1 Å². The van der Waals surface area contributed by atoms with Crippen molar-refractivity contribution in [1.82, 2.24) is 14.9 Å². The number of amides is 1. The van der Waals surface area contributed by atoms with Crippen LogP contribution in [0.25, 0.3) is 0 Å². The van der Waals surface area contributed by atoms with Crippen molar-refractivity contribution in [3.8, 4) is 0 Å². The van der Waals surface area contributed by atoms with Crippen LogP contribution >= 0.6 is 11.8 Å². The maximum Gasteiger partial charge on any atom is 0.328 e. The minimum Gasteiger partial charge on any atom is -0.481 e. The van der Waals surface area contributed by atoms with Crippen LogP contribution < -0.4 is 16.6 Å². The molecule has 0 atom stereocenters. The highest BCUT2D eigenvalue weighted by Crippen LogP contribution is 1.97. The fourth-order valence-corrected chi connectivity index (χ4v) is 1.78. The van der Waals surface area contributed by atoms with Gasteiger partial charge in [0.2, 0.25) is 0 Å². The Morgan fingerprint density at radius 1 is 1.47 bits per heavy atom. The fraction of sp³-hybridized carbons (Fsp3) is 0.400. The smallest absolute Gasteiger partial charge is 0.328 e. The molecule has 0 saturated carbocycles. The first-order valence-electron chi connectivity index (χ1n) is 5.30. The Balaban J connectivity index is 2.55. The number of hydrogen-bond donors (Lipinski definition) is 3. The summed E-state index contributed by atoms with van der Waals surface area (Å²) in [4.78, 5) is 46.9. The van der Waals surface area contributed by atoms with Crippen LogP contribution in [0.1, 0.15) is 10.4 Å².